The van der Waals surface area contributed by atoms with Crippen LogP contribution < -0.4 is 0 Å². The number of hydrogen-bond donors (Lipinski definition) is 1. The fourth-order valence-electron chi connectivity index (χ4n) is 4.35. The summed E-state index contributed by atoms with van der Waals surface area (Å²) in [7, 11) is 0. The molecule has 0 amide bonds. The van der Waals surface area contributed by atoms with Gasteiger partial charge in [0.05, 0.1) is 4.08 Å². The van der Waals surface area contributed by atoms with Gasteiger partial charge in [0.15, 0.2) is 0 Å². The molecule has 0 bridgehead atoms. The number of hydrogen-bond acceptors (Lipinski definition) is 4. The molecule has 0 unspecified atom stereocenters. The van der Waals surface area contributed by atoms with E-state index in [0.717, 1.165) is 0 Å². The van der Waals surface area contributed by atoms with Crippen LogP contribution in [0.15, 0.2) is 80.4 Å². The van der Waals surface area contributed by atoms with E-state index in [0.29, 0.717) is 0 Å². The van der Waals surface area contributed by atoms with E-state index < -0.39 is 0 Å². The van der Waals surface area contributed by atoms with E-state index in [1.165, 1.54) is 69.4 Å². The fraction of sp³-hybridized carbons (Fsp3) is 0.385. The summed E-state index contributed by atoms with van der Waals surface area (Å²) in [5.74, 6) is 0. The minimum atomic E-state index is 0.0602. The highest BCUT2D eigenvalue weighted by molar-refractivity contribution is 8.20. The first kappa shape index (κ1) is 21.9. The highest BCUT2D eigenvalue weighted by Gasteiger charge is 2.45. The number of benzene rings is 2. The maximum absolute atomic E-state index is 3.77. The second kappa shape index (κ2) is 9.17. The molecular weight excluding hydrogens is 455 g/mol. The molecule has 2 aromatic carbocycles. The van der Waals surface area contributed by atoms with E-state index in [1.54, 1.807) is 0 Å². The molecule has 1 N–H and O–H groups in total. The molecule has 0 atom stereocenters. The zero-order valence-electron chi connectivity index (χ0n) is 18.1. The van der Waals surface area contributed by atoms with Gasteiger partial charge < -0.3 is 4.98 Å². The number of aromatic amines is 1. The average Bonchev–Trinajstić information content (AvgIpc) is 3.51. The van der Waals surface area contributed by atoms with Crippen molar-refractivity contribution in [1.29, 1.82) is 0 Å². The van der Waals surface area contributed by atoms with Crippen molar-refractivity contribution >= 4 is 47.0 Å². The lowest BCUT2D eigenvalue weighted by molar-refractivity contribution is 0.667. The number of thioether (sulfide) groups is 4. The van der Waals surface area contributed by atoms with E-state index in [2.05, 4.69) is 127 Å². The minimum absolute atomic E-state index is 0.0602. The van der Waals surface area contributed by atoms with E-state index in [-0.39, 0.29) is 8.16 Å². The summed E-state index contributed by atoms with van der Waals surface area (Å²) < 4.78 is 0.145. The van der Waals surface area contributed by atoms with Crippen LogP contribution in [0.3, 0.4) is 0 Å². The number of H-pyrrole nitrogens is 1. The Balaban J connectivity index is 1.50. The molecule has 0 spiro atoms. The topological polar surface area (TPSA) is 15.8 Å². The summed E-state index contributed by atoms with van der Waals surface area (Å²) in [6.45, 7) is 4.60. The van der Waals surface area contributed by atoms with E-state index >= 15 is 0 Å². The maximum Gasteiger partial charge on any atom is 0.110 e. The van der Waals surface area contributed by atoms with Crippen molar-refractivity contribution in [3.63, 3.8) is 0 Å². The number of unbranched alkanes of at least 4 members (excludes halogenated alkanes) is 2. The van der Waals surface area contributed by atoms with Gasteiger partial charge in [0.25, 0.3) is 0 Å². The number of fused-ring (bicyclic) bond motifs is 2. The Morgan fingerprint density at radius 3 is 1.61 bits per heavy atom. The van der Waals surface area contributed by atoms with Gasteiger partial charge in [0.2, 0.25) is 0 Å². The third kappa shape index (κ3) is 4.12. The zero-order chi connectivity index (χ0) is 21.3. The van der Waals surface area contributed by atoms with Gasteiger partial charge in [-0.2, -0.15) is 0 Å². The van der Waals surface area contributed by atoms with Crippen LogP contribution in [0.4, 0.5) is 0 Å². The lowest BCUT2D eigenvalue weighted by Gasteiger charge is -2.28. The molecule has 162 valence electrons. The molecule has 2 aliphatic heterocycles. The Morgan fingerprint density at radius 1 is 0.677 bits per heavy atom. The summed E-state index contributed by atoms with van der Waals surface area (Å²) in [6, 6.07) is 20.3. The molecular formula is C26H29NS4. The Morgan fingerprint density at radius 2 is 1.13 bits per heavy atom. The largest absolute Gasteiger partial charge is 0.363 e. The summed E-state index contributed by atoms with van der Waals surface area (Å²) in [6.07, 6.45) is 9.67. The van der Waals surface area contributed by atoms with Gasteiger partial charge in [-0.3, -0.25) is 0 Å². The number of aromatic nitrogens is 1. The van der Waals surface area contributed by atoms with Crippen LogP contribution in [0.2, 0.25) is 0 Å². The van der Waals surface area contributed by atoms with Crippen LogP contribution >= 0.6 is 47.0 Å². The molecule has 0 fully saturated rings. The standard InChI is InChI=1S/C26H29NS4/c1-3-5-15-25(28-20-11-7-8-12-21(20)29-25)19-17-24(27-18-19)26(16-6-4-2)30-22-13-9-10-14-23(22)31-26/h7-14,17-18,27H,3-6,15-16H2,1-2H3. The van der Waals surface area contributed by atoms with Crippen molar-refractivity contribution in [2.45, 2.75) is 80.1 Å². The number of rotatable bonds is 8. The van der Waals surface area contributed by atoms with Crippen molar-refractivity contribution in [3.8, 4) is 0 Å². The third-order valence-electron chi connectivity index (χ3n) is 6.05. The Labute approximate surface area is 203 Å². The van der Waals surface area contributed by atoms with Gasteiger partial charge in [-0.05, 0) is 48.7 Å². The van der Waals surface area contributed by atoms with Crippen molar-refractivity contribution in [3.05, 3.63) is 72.1 Å². The molecule has 2 aliphatic rings. The Kier molecular flexibility index (Phi) is 6.49. The van der Waals surface area contributed by atoms with Gasteiger partial charge in [0, 0.05) is 31.5 Å². The van der Waals surface area contributed by atoms with Crippen LogP contribution in [0, 0.1) is 0 Å². The van der Waals surface area contributed by atoms with Crippen molar-refractivity contribution in [1.82, 2.24) is 4.98 Å². The van der Waals surface area contributed by atoms with E-state index in [9.17, 15) is 0 Å². The van der Waals surface area contributed by atoms with Crippen molar-refractivity contribution in [2.24, 2.45) is 0 Å². The molecule has 0 aliphatic carbocycles. The average molecular weight is 484 g/mol. The van der Waals surface area contributed by atoms with E-state index in [1.807, 2.05) is 0 Å². The molecule has 0 saturated carbocycles. The molecule has 1 nitrogen and oxygen atoms in total. The van der Waals surface area contributed by atoms with Crippen LogP contribution in [0.1, 0.15) is 63.6 Å². The highest BCUT2D eigenvalue weighted by atomic mass is 32.2. The molecule has 3 aromatic rings. The summed E-state index contributed by atoms with van der Waals surface area (Å²) in [5.41, 5.74) is 2.84. The number of nitrogens with one attached hydrogen (secondary N) is 1. The van der Waals surface area contributed by atoms with Crippen molar-refractivity contribution in [2.75, 3.05) is 0 Å². The second-order valence-corrected chi connectivity index (χ2v) is 14.2. The van der Waals surface area contributed by atoms with E-state index in [4.69, 9.17) is 0 Å². The minimum Gasteiger partial charge on any atom is -0.363 e. The van der Waals surface area contributed by atoms with Gasteiger partial charge in [0.1, 0.15) is 4.08 Å². The van der Waals surface area contributed by atoms with Crippen molar-refractivity contribution < 1.29 is 0 Å². The lowest BCUT2D eigenvalue weighted by atomic mass is 10.1. The molecule has 31 heavy (non-hydrogen) atoms. The molecule has 0 radical (unpaired) electrons. The molecule has 5 heteroatoms. The summed E-state index contributed by atoms with van der Waals surface area (Å²) >= 11 is 8.24. The smallest absolute Gasteiger partial charge is 0.110 e. The molecule has 1 aromatic heterocycles. The van der Waals surface area contributed by atoms with Gasteiger partial charge in [-0.25, -0.2) is 0 Å². The van der Waals surface area contributed by atoms with Gasteiger partial charge in [-0.1, -0.05) is 63.8 Å². The highest BCUT2D eigenvalue weighted by Crippen LogP contribution is 2.66. The summed E-state index contributed by atoms with van der Waals surface area (Å²) in [5, 5.41) is 0. The lowest BCUT2D eigenvalue weighted by Crippen LogP contribution is -2.16. The van der Waals surface area contributed by atoms with Crippen LogP contribution in [0.5, 0.6) is 0 Å². The van der Waals surface area contributed by atoms with Crippen LogP contribution in [0.25, 0.3) is 0 Å². The third-order valence-corrected chi connectivity index (χ3v) is 12.7. The molecule has 0 saturated heterocycles. The maximum atomic E-state index is 3.77. The normalized spacial score (nSPS) is 18.1. The molecule has 5 rings (SSSR count). The van der Waals surface area contributed by atoms with Crippen LogP contribution in [-0.4, -0.2) is 4.98 Å². The predicted molar refractivity (Wildman–Crippen MR) is 140 cm³/mol. The summed E-state index contributed by atoms with van der Waals surface area (Å²) in [4.78, 5) is 9.49. The predicted octanol–water partition coefficient (Wildman–Crippen LogP) is 9.50. The van der Waals surface area contributed by atoms with Gasteiger partial charge >= 0.3 is 0 Å². The fourth-order valence-corrected chi connectivity index (χ4v) is 10.9. The van der Waals surface area contributed by atoms with Crippen LogP contribution in [-0.2, 0) is 8.16 Å². The zero-order valence-corrected chi connectivity index (χ0v) is 21.4. The second-order valence-electron chi connectivity index (χ2n) is 8.32. The SMILES string of the molecule is CCCCC1(c2c[nH]c(C3(CCCC)Sc4ccccc4S3)c2)Sc2ccccc2S1. The first-order valence-electron chi connectivity index (χ1n) is 11.3. The Bertz CT molecular complexity index is 925. The first-order chi connectivity index (χ1) is 15.2. The quantitative estimate of drug-likeness (QED) is 0.343. The monoisotopic (exact) mass is 483 g/mol. The first-order valence-corrected chi connectivity index (χ1v) is 14.6. The van der Waals surface area contributed by atoms with Gasteiger partial charge in [-0.15, -0.1) is 47.0 Å². The molecule has 3 heterocycles. The Hall–Kier alpha value is -0.880.